The maximum absolute atomic E-state index is 5.94. The summed E-state index contributed by atoms with van der Waals surface area (Å²) in [5.74, 6) is 0. The summed E-state index contributed by atoms with van der Waals surface area (Å²) in [4.78, 5) is 0. The Morgan fingerprint density at radius 3 is 2.78 bits per heavy atom. The number of hydrogen-bond donors (Lipinski definition) is 1. The Morgan fingerprint density at radius 1 is 1.28 bits per heavy atom. The summed E-state index contributed by atoms with van der Waals surface area (Å²) in [5, 5.41) is 4.78. The van der Waals surface area contributed by atoms with Gasteiger partial charge in [-0.3, -0.25) is 0 Å². The lowest BCUT2D eigenvalue weighted by molar-refractivity contribution is -0.0794. The average molecular weight is 271 g/mol. The van der Waals surface area contributed by atoms with Gasteiger partial charge in [-0.1, -0.05) is 19.8 Å². The highest BCUT2D eigenvalue weighted by molar-refractivity contribution is 7.99. The highest BCUT2D eigenvalue weighted by Gasteiger charge is 2.34. The molecule has 2 aliphatic rings. The van der Waals surface area contributed by atoms with Gasteiger partial charge in [-0.25, -0.2) is 0 Å². The van der Waals surface area contributed by atoms with Crippen LogP contribution in [0.4, 0.5) is 0 Å². The third kappa shape index (κ3) is 3.64. The van der Waals surface area contributed by atoms with Crippen LogP contribution in [-0.2, 0) is 4.74 Å². The number of thioether (sulfide) groups is 1. The summed E-state index contributed by atoms with van der Waals surface area (Å²) in [7, 11) is 0. The predicted molar refractivity (Wildman–Crippen MR) is 80.4 cm³/mol. The fourth-order valence-corrected chi connectivity index (χ4v) is 4.34. The molecule has 0 radical (unpaired) electrons. The second-order valence-electron chi connectivity index (χ2n) is 6.17. The Kier molecular flexibility index (Phi) is 5.40. The maximum Gasteiger partial charge on any atom is 0.0666 e. The molecule has 1 saturated carbocycles. The van der Waals surface area contributed by atoms with Gasteiger partial charge >= 0.3 is 0 Å². The van der Waals surface area contributed by atoms with Gasteiger partial charge in [-0.2, -0.15) is 11.8 Å². The molecular weight excluding hydrogens is 242 g/mol. The van der Waals surface area contributed by atoms with Crippen LogP contribution < -0.4 is 5.32 Å². The SMILES string of the molecule is CCC1(C)CC(NC2CCCCC2SC)CCO1. The molecule has 0 bridgehead atoms. The zero-order chi connectivity index (χ0) is 13.0. The fourth-order valence-electron chi connectivity index (χ4n) is 3.39. The van der Waals surface area contributed by atoms with Crippen LogP contribution in [0.25, 0.3) is 0 Å². The molecule has 3 heteroatoms. The van der Waals surface area contributed by atoms with E-state index in [0.29, 0.717) is 6.04 Å². The molecule has 0 aromatic heterocycles. The van der Waals surface area contributed by atoms with Crippen molar-refractivity contribution >= 4 is 11.8 Å². The highest BCUT2D eigenvalue weighted by atomic mass is 32.2. The molecular formula is C15H29NOS. The third-order valence-corrected chi connectivity index (χ3v) is 5.97. The normalized spacial score (nSPS) is 41.8. The molecule has 2 rings (SSSR count). The van der Waals surface area contributed by atoms with Crippen molar-refractivity contribution in [2.24, 2.45) is 0 Å². The molecule has 18 heavy (non-hydrogen) atoms. The van der Waals surface area contributed by atoms with Crippen LogP contribution in [0.15, 0.2) is 0 Å². The molecule has 106 valence electrons. The van der Waals surface area contributed by atoms with Crippen LogP contribution in [0.1, 0.15) is 58.8 Å². The molecule has 0 spiro atoms. The van der Waals surface area contributed by atoms with E-state index in [2.05, 4.69) is 37.2 Å². The van der Waals surface area contributed by atoms with Crippen molar-refractivity contribution in [2.75, 3.05) is 12.9 Å². The van der Waals surface area contributed by atoms with Crippen molar-refractivity contribution in [3.8, 4) is 0 Å². The lowest BCUT2D eigenvalue weighted by Crippen LogP contribution is -2.51. The van der Waals surface area contributed by atoms with Gasteiger partial charge in [0.2, 0.25) is 0 Å². The van der Waals surface area contributed by atoms with Gasteiger partial charge < -0.3 is 10.1 Å². The predicted octanol–water partition coefficient (Wildman–Crippen LogP) is 3.60. The molecule has 0 aromatic rings. The van der Waals surface area contributed by atoms with Crippen molar-refractivity contribution < 1.29 is 4.74 Å². The zero-order valence-electron chi connectivity index (χ0n) is 12.2. The second kappa shape index (κ2) is 6.62. The lowest BCUT2D eigenvalue weighted by atomic mass is 9.88. The van der Waals surface area contributed by atoms with Gasteiger partial charge in [0.05, 0.1) is 5.60 Å². The second-order valence-corrected chi connectivity index (χ2v) is 7.25. The van der Waals surface area contributed by atoms with Gasteiger partial charge in [0.25, 0.3) is 0 Å². The molecule has 2 nitrogen and oxygen atoms in total. The van der Waals surface area contributed by atoms with E-state index in [1.807, 2.05) is 0 Å². The number of rotatable bonds is 4. The number of hydrogen-bond acceptors (Lipinski definition) is 3. The fraction of sp³-hybridized carbons (Fsp3) is 1.00. The molecule has 1 N–H and O–H groups in total. The quantitative estimate of drug-likeness (QED) is 0.844. The van der Waals surface area contributed by atoms with E-state index in [0.717, 1.165) is 24.3 Å². The molecule has 4 unspecified atom stereocenters. The standard InChI is InChI=1S/C15H29NOS/c1-4-15(2)11-12(9-10-17-15)16-13-7-5-6-8-14(13)18-3/h12-14,16H,4-11H2,1-3H3. The molecule has 1 aliphatic heterocycles. The van der Waals surface area contributed by atoms with Crippen LogP contribution in [0, 0.1) is 0 Å². The van der Waals surface area contributed by atoms with E-state index >= 15 is 0 Å². The molecule has 2 fully saturated rings. The molecule has 1 aliphatic carbocycles. The topological polar surface area (TPSA) is 21.3 Å². The van der Waals surface area contributed by atoms with Crippen molar-refractivity contribution in [3.05, 3.63) is 0 Å². The van der Waals surface area contributed by atoms with Crippen molar-refractivity contribution in [1.82, 2.24) is 5.32 Å². The van der Waals surface area contributed by atoms with Crippen molar-refractivity contribution in [2.45, 2.75) is 81.7 Å². The lowest BCUT2D eigenvalue weighted by Gasteiger charge is -2.41. The van der Waals surface area contributed by atoms with Crippen LogP contribution in [0.3, 0.4) is 0 Å². The van der Waals surface area contributed by atoms with Crippen molar-refractivity contribution in [1.29, 1.82) is 0 Å². The Hall–Kier alpha value is 0.270. The van der Waals surface area contributed by atoms with E-state index in [9.17, 15) is 0 Å². The largest absolute Gasteiger partial charge is 0.375 e. The summed E-state index contributed by atoms with van der Waals surface area (Å²) in [6.07, 6.45) is 11.4. The first-order valence-corrected chi connectivity index (χ1v) is 8.88. The first-order chi connectivity index (χ1) is 8.67. The highest BCUT2D eigenvalue weighted by Crippen LogP contribution is 2.31. The van der Waals surface area contributed by atoms with E-state index in [1.54, 1.807) is 0 Å². The molecule has 1 saturated heterocycles. The van der Waals surface area contributed by atoms with E-state index in [-0.39, 0.29) is 5.60 Å². The van der Waals surface area contributed by atoms with Gasteiger partial charge in [0, 0.05) is 23.9 Å². The summed E-state index contributed by atoms with van der Waals surface area (Å²) in [6.45, 7) is 5.44. The van der Waals surface area contributed by atoms with Crippen LogP contribution >= 0.6 is 11.8 Å². The molecule has 0 aromatic carbocycles. The Labute approximate surface area is 117 Å². The first kappa shape index (κ1) is 14.7. The Balaban J connectivity index is 1.87. The summed E-state index contributed by atoms with van der Waals surface area (Å²) < 4.78 is 5.94. The minimum atomic E-state index is 0.111. The first-order valence-electron chi connectivity index (χ1n) is 7.59. The van der Waals surface area contributed by atoms with Gasteiger partial charge in [-0.05, 0) is 45.3 Å². The van der Waals surface area contributed by atoms with E-state index in [4.69, 9.17) is 4.74 Å². The van der Waals surface area contributed by atoms with Gasteiger partial charge in [0.1, 0.15) is 0 Å². The minimum absolute atomic E-state index is 0.111. The molecule has 4 atom stereocenters. The van der Waals surface area contributed by atoms with Crippen LogP contribution in [-0.4, -0.2) is 35.8 Å². The van der Waals surface area contributed by atoms with Gasteiger partial charge in [0.15, 0.2) is 0 Å². The monoisotopic (exact) mass is 271 g/mol. The van der Waals surface area contributed by atoms with Crippen molar-refractivity contribution in [3.63, 3.8) is 0 Å². The third-order valence-electron chi connectivity index (χ3n) is 4.80. The van der Waals surface area contributed by atoms with Crippen LogP contribution in [0.5, 0.6) is 0 Å². The maximum atomic E-state index is 5.94. The summed E-state index contributed by atoms with van der Waals surface area (Å²) in [6, 6.07) is 1.40. The Bertz CT molecular complexity index is 261. The average Bonchev–Trinajstić information content (AvgIpc) is 2.39. The minimum Gasteiger partial charge on any atom is -0.375 e. The zero-order valence-corrected chi connectivity index (χ0v) is 13.0. The number of nitrogens with one attached hydrogen (secondary N) is 1. The van der Waals surface area contributed by atoms with Crippen LogP contribution in [0.2, 0.25) is 0 Å². The molecule has 1 heterocycles. The Morgan fingerprint density at radius 2 is 2.06 bits per heavy atom. The van der Waals surface area contributed by atoms with Gasteiger partial charge in [-0.15, -0.1) is 0 Å². The summed E-state index contributed by atoms with van der Waals surface area (Å²) >= 11 is 2.05. The number of ether oxygens (including phenoxy) is 1. The van der Waals surface area contributed by atoms with E-state index in [1.165, 1.54) is 38.5 Å². The summed E-state index contributed by atoms with van der Waals surface area (Å²) in [5.41, 5.74) is 0.111. The smallest absolute Gasteiger partial charge is 0.0666 e. The molecule has 0 amide bonds. The van der Waals surface area contributed by atoms with E-state index < -0.39 is 0 Å².